The van der Waals surface area contributed by atoms with Crippen LogP contribution in [0.15, 0.2) is 4.58 Å². The summed E-state index contributed by atoms with van der Waals surface area (Å²) in [7, 11) is 0. The van der Waals surface area contributed by atoms with E-state index in [1.54, 1.807) is 18.7 Å². The number of ether oxygens (including phenoxy) is 1. The van der Waals surface area contributed by atoms with Gasteiger partial charge in [0.1, 0.15) is 6.04 Å². The average Bonchev–Trinajstić information content (AvgIpc) is 2.37. The maximum Gasteiger partial charge on any atom is 0.328 e. The van der Waals surface area contributed by atoms with Gasteiger partial charge in [0.25, 0.3) is 0 Å². The fraction of sp³-hybridized carbons (Fsp3) is 0.818. The summed E-state index contributed by atoms with van der Waals surface area (Å²) in [5.74, 6) is 0.776. The van der Waals surface area contributed by atoms with Gasteiger partial charge in [-0.2, -0.15) is 11.8 Å². The fourth-order valence-electron chi connectivity index (χ4n) is 2.03. The molecule has 0 aromatic carbocycles. The first-order chi connectivity index (χ1) is 9.10. The lowest BCUT2D eigenvalue weighted by atomic mass is 9.95. The van der Waals surface area contributed by atoms with Gasteiger partial charge in [-0.15, -0.1) is 4.91 Å². The van der Waals surface area contributed by atoms with Crippen molar-refractivity contribution in [3.05, 3.63) is 4.91 Å². The van der Waals surface area contributed by atoms with Crippen molar-refractivity contribution in [2.75, 3.05) is 18.1 Å². The summed E-state index contributed by atoms with van der Waals surface area (Å²) in [6.45, 7) is 3.35. The van der Waals surface area contributed by atoms with Crippen molar-refractivity contribution < 1.29 is 14.3 Å². The molecule has 108 valence electrons. The number of nitrogens with one attached hydrogen (secondary N) is 1. The Bertz CT molecular complexity index is 341. The van der Waals surface area contributed by atoms with Crippen molar-refractivity contribution in [1.82, 2.24) is 5.32 Å². The first-order valence-corrected chi connectivity index (χ1v) is 8.09. The summed E-state index contributed by atoms with van der Waals surface area (Å²) in [5, 5.41) is 2.58. The van der Waals surface area contributed by atoms with Gasteiger partial charge in [-0.1, -0.05) is 0 Å². The van der Waals surface area contributed by atoms with Crippen LogP contribution in [0.1, 0.15) is 20.3 Å². The molecule has 0 aromatic heterocycles. The van der Waals surface area contributed by atoms with Crippen LogP contribution in [0.2, 0.25) is 0 Å². The quantitative estimate of drug-likeness (QED) is 0.456. The summed E-state index contributed by atoms with van der Waals surface area (Å²) in [6.07, 6.45) is 0.793. The van der Waals surface area contributed by atoms with Crippen LogP contribution in [0.5, 0.6) is 0 Å². The number of amides is 1. The lowest BCUT2D eigenvalue weighted by Crippen LogP contribution is -2.51. The molecule has 1 N–H and O–H groups in total. The number of nitrogens with zero attached hydrogens (tertiary/aromatic N) is 1. The molecule has 6 nitrogen and oxygen atoms in total. The van der Waals surface area contributed by atoms with Crippen molar-refractivity contribution in [1.29, 1.82) is 0 Å². The van der Waals surface area contributed by atoms with Crippen LogP contribution >= 0.6 is 23.7 Å². The van der Waals surface area contributed by atoms with E-state index in [1.165, 1.54) is 6.92 Å². The van der Waals surface area contributed by atoms with Crippen molar-refractivity contribution in [3.8, 4) is 0 Å². The van der Waals surface area contributed by atoms with Gasteiger partial charge < -0.3 is 10.1 Å². The Hall–Kier alpha value is -0.760. The molecule has 3 atom stereocenters. The second-order valence-electron chi connectivity index (χ2n) is 4.18. The first kappa shape index (κ1) is 16.3. The summed E-state index contributed by atoms with van der Waals surface area (Å²) in [6, 6.07) is -0.704. The Kier molecular flexibility index (Phi) is 7.22. The molecule has 19 heavy (non-hydrogen) atoms. The molecule has 1 amide bonds. The lowest BCUT2D eigenvalue weighted by Gasteiger charge is -2.33. The summed E-state index contributed by atoms with van der Waals surface area (Å²) < 4.78 is 7.87. The molecule has 0 aromatic rings. The van der Waals surface area contributed by atoms with E-state index in [2.05, 4.69) is 9.90 Å². The highest BCUT2D eigenvalue weighted by Gasteiger charge is 2.38. The average molecular weight is 306 g/mol. The monoisotopic (exact) mass is 306 g/mol. The SMILES string of the molecule is CCOC(=O)[C@H](NC(C)=O)[C@H]1CSCCC1SN=O. The summed E-state index contributed by atoms with van der Waals surface area (Å²) in [5.41, 5.74) is 0. The number of carbonyl (C=O) groups excluding carboxylic acids is 2. The van der Waals surface area contributed by atoms with E-state index in [0.29, 0.717) is 5.75 Å². The van der Waals surface area contributed by atoms with E-state index in [9.17, 15) is 14.5 Å². The minimum Gasteiger partial charge on any atom is -0.464 e. The molecular formula is C11H18N2O4S2. The van der Waals surface area contributed by atoms with Crippen LogP contribution in [0.3, 0.4) is 0 Å². The third-order valence-electron chi connectivity index (χ3n) is 2.84. The van der Waals surface area contributed by atoms with Crippen LogP contribution in [0.25, 0.3) is 0 Å². The Morgan fingerprint density at radius 2 is 2.32 bits per heavy atom. The third-order valence-corrected chi connectivity index (χ3v) is 4.93. The van der Waals surface area contributed by atoms with Gasteiger partial charge in [-0.05, 0) is 24.9 Å². The number of nitroso groups, excluding NO2 is 1. The van der Waals surface area contributed by atoms with Crippen LogP contribution in [-0.4, -0.2) is 41.3 Å². The molecule has 0 saturated carbocycles. The summed E-state index contributed by atoms with van der Waals surface area (Å²) >= 11 is 2.66. The van der Waals surface area contributed by atoms with E-state index in [0.717, 1.165) is 24.1 Å². The Labute approximate surface area is 120 Å². The fourth-order valence-corrected chi connectivity index (χ4v) is 4.33. The molecule has 0 bridgehead atoms. The normalized spacial score (nSPS) is 24.3. The maximum atomic E-state index is 12.0. The molecule has 8 heteroatoms. The van der Waals surface area contributed by atoms with E-state index in [1.807, 2.05) is 0 Å². The molecule has 1 saturated heterocycles. The molecule has 0 aliphatic carbocycles. The largest absolute Gasteiger partial charge is 0.464 e. The van der Waals surface area contributed by atoms with E-state index >= 15 is 0 Å². The highest BCUT2D eigenvalue weighted by molar-refractivity contribution is 8.00. The molecule has 1 heterocycles. The topological polar surface area (TPSA) is 84.8 Å². The van der Waals surface area contributed by atoms with Gasteiger partial charge in [0.15, 0.2) is 0 Å². The number of carbonyl (C=O) groups is 2. The highest BCUT2D eigenvalue weighted by Crippen LogP contribution is 2.35. The second-order valence-corrected chi connectivity index (χ2v) is 6.29. The molecule has 1 rings (SSSR count). The summed E-state index contributed by atoms with van der Waals surface area (Å²) in [4.78, 5) is 33.7. The van der Waals surface area contributed by atoms with E-state index in [-0.39, 0.29) is 23.7 Å². The van der Waals surface area contributed by atoms with Crippen LogP contribution < -0.4 is 5.32 Å². The van der Waals surface area contributed by atoms with Gasteiger partial charge >= 0.3 is 5.97 Å². The molecule has 1 aliphatic rings. The zero-order valence-electron chi connectivity index (χ0n) is 11.0. The number of hydrogen-bond donors (Lipinski definition) is 1. The lowest BCUT2D eigenvalue weighted by molar-refractivity contribution is -0.148. The van der Waals surface area contributed by atoms with Crippen LogP contribution in [0, 0.1) is 10.8 Å². The molecule has 1 aliphatic heterocycles. The Morgan fingerprint density at radius 3 is 2.89 bits per heavy atom. The number of rotatable bonds is 6. The van der Waals surface area contributed by atoms with Crippen molar-refractivity contribution in [3.63, 3.8) is 0 Å². The molecule has 0 radical (unpaired) electrons. The van der Waals surface area contributed by atoms with Gasteiger partial charge in [0.2, 0.25) is 5.91 Å². The number of hydrogen-bond acceptors (Lipinski definition) is 7. The highest BCUT2D eigenvalue weighted by atomic mass is 32.2. The zero-order valence-corrected chi connectivity index (χ0v) is 12.6. The minimum absolute atomic E-state index is 0.0555. The molecule has 1 unspecified atom stereocenters. The Balaban J connectivity index is 2.82. The van der Waals surface area contributed by atoms with Crippen molar-refractivity contribution >= 4 is 35.6 Å². The number of esters is 1. The predicted molar refractivity (Wildman–Crippen MR) is 76.8 cm³/mol. The van der Waals surface area contributed by atoms with Gasteiger partial charge in [-0.3, -0.25) is 4.79 Å². The number of thioether (sulfide) groups is 1. The molecular weight excluding hydrogens is 288 g/mol. The molecule has 1 fully saturated rings. The minimum atomic E-state index is -0.704. The first-order valence-electron chi connectivity index (χ1n) is 6.10. The zero-order chi connectivity index (χ0) is 14.3. The smallest absolute Gasteiger partial charge is 0.328 e. The van der Waals surface area contributed by atoms with Crippen LogP contribution in [0.4, 0.5) is 0 Å². The Morgan fingerprint density at radius 1 is 1.58 bits per heavy atom. The maximum absolute atomic E-state index is 12.0. The van der Waals surface area contributed by atoms with E-state index < -0.39 is 12.0 Å². The molecule has 0 spiro atoms. The van der Waals surface area contributed by atoms with Gasteiger partial charge in [0.05, 0.1) is 6.61 Å². The van der Waals surface area contributed by atoms with Crippen molar-refractivity contribution in [2.45, 2.75) is 31.6 Å². The van der Waals surface area contributed by atoms with Crippen molar-refractivity contribution in [2.24, 2.45) is 10.5 Å². The van der Waals surface area contributed by atoms with Gasteiger partial charge in [-0.25, -0.2) is 4.79 Å². The van der Waals surface area contributed by atoms with Crippen LogP contribution in [-0.2, 0) is 14.3 Å². The predicted octanol–water partition coefficient (Wildman–Crippen LogP) is 1.59. The second kappa shape index (κ2) is 8.42. The van der Waals surface area contributed by atoms with Gasteiger partial charge in [0, 0.05) is 34.6 Å². The van der Waals surface area contributed by atoms with E-state index in [4.69, 9.17) is 4.74 Å². The standard InChI is InChI=1S/C11H18N2O4S2/c1-3-17-11(15)10(12-7(2)14)8-6-18-5-4-9(8)19-13-16/h8-10H,3-6H2,1-2H3,(H,12,14)/t8-,9?,10+/m0/s1. The third kappa shape index (κ3) is 5.02.